The predicted octanol–water partition coefficient (Wildman–Crippen LogP) is 1.89. The first-order chi connectivity index (χ1) is 8.00. The third-order valence-corrected chi connectivity index (χ3v) is 2.72. The fourth-order valence-electron chi connectivity index (χ4n) is 1.61. The number of rotatable bonds is 2. The number of hydrogen-bond donors (Lipinski definition) is 1. The number of aromatic carboxylic acids is 1. The second-order valence-corrected chi connectivity index (χ2v) is 3.91. The highest BCUT2D eigenvalue weighted by Gasteiger charge is 2.15. The average molecular weight is 231 g/mol. The van der Waals surface area contributed by atoms with E-state index in [1.807, 2.05) is 20.8 Å². The van der Waals surface area contributed by atoms with Gasteiger partial charge >= 0.3 is 5.97 Å². The maximum Gasteiger partial charge on any atom is 0.339 e. The predicted molar refractivity (Wildman–Crippen MR) is 62.5 cm³/mol. The maximum atomic E-state index is 11.2. The largest absolute Gasteiger partial charge is 0.478 e. The molecule has 0 aliphatic heterocycles. The summed E-state index contributed by atoms with van der Waals surface area (Å²) < 4.78 is 1.70. The van der Waals surface area contributed by atoms with E-state index in [9.17, 15) is 4.79 Å². The zero-order valence-corrected chi connectivity index (χ0v) is 9.93. The van der Waals surface area contributed by atoms with Crippen LogP contribution in [0, 0.1) is 20.8 Å². The molecule has 17 heavy (non-hydrogen) atoms. The van der Waals surface area contributed by atoms with E-state index in [1.165, 1.54) is 0 Å². The van der Waals surface area contributed by atoms with Gasteiger partial charge in [-0.25, -0.2) is 14.8 Å². The molecular weight excluding hydrogens is 218 g/mol. The molecule has 0 spiro atoms. The van der Waals surface area contributed by atoms with Crippen molar-refractivity contribution >= 4 is 5.97 Å². The number of carbonyl (C=O) groups is 1. The van der Waals surface area contributed by atoms with E-state index in [-0.39, 0.29) is 5.56 Å². The highest BCUT2D eigenvalue weighted by molar-refractivity contribution is 5.91. The van der Waals surface area contributed by atoms with Crippen LogP contribution in [0.3, 0.4) is 0 Å². The molecule has 0 aromatic carbocycles. The number of carboxylic acid groups (broad SMARTS) is 1. The molecule has 2 rings (SSSR count). The molecule has 0 amide bonds. The van der Waals surface area contributed by atoms with Crippen molar-refractivity contribution in [2.75, 3.05) is 0 Å². The topological polar surface area (TPSA) is 68.0 Å². The van der Waals surface area contributed by atoms with Crippen LogP contribution in [-0.4, -0.2) is 25.6 Å². The van der Waals surface area contributed by atoms with Gasteiger partial charge < -0.3 is 5.11 Å². The molecule has 0 atom stereocenters. The van der Waals surface area contributed by atoms with Gasteiger partial charge in [0, 0.05) is 11.4 Å². The second-order valence-electron chi connectivity index (χ2n) is 3.91. The van der Waals surface area contributed by atoms with Crippen LogP contribution in [0.2, 0.25) is 0 Å². The van der Waals surface area contributed by atoms with Gasteiger partial charge in [0.25, 0.3) is 0 Å². The molecule has 0 radical (unpaired) electrons. The highest BCUT2D eigenvalue weighted by atomic mass is 16.4. The Morgan fingerprint density at radius 2 is 2.00 bits per heavy atom. The van der Waals surface area contributed by atoms with Crippen molar-refractivity contribution in [3.8, 4) is 5.82 Å². The van der Waals surface area contributed by atoms with E-state index in [0.29, 0.717) is 5.82 Å². The Labute approximate surface area is 98.8 Å². The lowest BCUT2D eigenvalue weighted by molar-refractivity contribution is 0.0696. The fourth-order valence-corrected chi connectivity index (χ4v) is 1.61. The third-order valence-electron chi connectivity index (χ3n) is 2.72. The monoisotopic (exact) mass is 231 g/mol. The summed E-state index contributed by atoms with van der Waals surface area (Å²) >= 11 is 0. The Kier molecular flexibility index (Phi) is 2.67. The van der Waals surface area contributed by atoms with Crippen molar-refractivity contribution in [1.29, 1.82) is 0 Å². The van der Waals surface area contributed by atoms with Crippen LogP contribution in [0.5, 0.6) is 0 Å². The molecule has 0 fully saturated rings. The first-order valence-electron chi connectivity index (χ1n) is 5.22. The maximum absolute atomic E-state index is 11.2. The van der Waals surface area contributed by atoms with Crippen molar-refractivity contribution in [3.63, 3.8) is 0 Å². The zero-order valence-electron chi connectivity index (χ0n) is 9.93. The first kappa shape index (κ1) is 11.3. The molecular formula is C12H13N3O2. The van der Waals surface area contributed by atoms with Gasteiger partial charge in [-0.3, -0.25) is 4.57 Å². The summed E-state index contributed by atoms with van der Waals surface area (Å²) in [5.74, 6) is -0.575. The number of carboxylic acids is 1. The van der Waals surface area contributed by atoms with E-state index in [4.69, 9.17) is 5.11 Å². The van der Waals surface area contributed by atoms with Crippen LogP contribution < -0.4 is 0 Å². The van der Waals surface area contributed by atoms with E-state index in [0.717, 1.165) is 17.1 Å². The van der Waals surface area contributed by atoms with E-state index < -0.39 is 5.97 Å². The Hall–Kier alpha value is -2.17. The number of hydrogen-bond acceptors (Lipinski definition) is 3. The average Bonchev–Trinajstić information content (AvgIpc) is 2.59. The van der Waals surface area contributed by atoms with Crippen LogP contribution >= 0.6 is 0 Å². The molecule has 0 saturated heterocycles. The van der Waals surface area contributed by atoms with E-state index >= 15 is 0 Å². The summed E-state index contributed by atoms with van der Waals surface area (Å²) in [5.41, 5.74) is 2.71. The van der Waals surface area contributed by atoms with Crippen molar-refractivity contribution in [2.45, 2.75) is 20.8 Å². The van der Waals surface area contributed by atoms with Crippen molar-refractivity contribution in [3.05, 3.63) is 41.1 Å². The van der Waals surface area contributed by atoms with Crippen LogP contribution in [0.25, 0.3) is 5.82 Å². The highest BCUT2D eigenvalue weighted by Crippen LogP contribution is 2.16. The minimum atomic E-state index is -0.988. The molecule has 5 heteroatoms. The molecule has 0 bridgehead atoms. The van der Waals surface area contributed by atoms with Crippen molar-refractivity contribution < 1.29 is 9.90 Å². The van der Waals surface area contributed by atoms with Crippen LogP contribution in [-0.2, 0) is 0 Å². The van der Waals surface area contributed by atoms with Gasteiger partial charge in [0.1, 0.15) is 11.9 Å². The normalized spacial score (nSPS) is 10.5. The Balaban J connectivity index is 2.69. The van der Waals surface area contributed by atoms with E-state index in [1.54, 1.807) is 23.0 Å². The molecule has 1 N–H and O–H groups in total. The molecule has 2 aromatic heterocycles. The lowest BCUT2D eigenvalue weighted by Crippen LogP contribution is -2.09. The number of imidazole rings is 1. The summed E-state index contributed by atoms with van der Waals surface area (Å²) in [6.07, 6.45) is 1.60. The lowest BCUT2D eigenvalue weighted by Gasteiger charge is -2.08. The molecule has 2 aromatic rings. The smallest absolute Gasteiger partial charge is 0.339 e. The van der Waals surface area contributed by atoms with Crippen LogP contribution in [0.1, 0.15) is 27.4 Å². The summed E-state index contributed by atoms with van der Waals surface area (Å²) in [5, 5.41) is 9.14. The molecule has 5 nitrogen and oxygen atoms in total. The molecule has 2 heterocycles. The van der Waals surface area contributed by atoms with Crippen LogP contribution in [0.4, 0.5) is 0 Å². The molecule has 0 unspecified atom stereocenters. The standard InChI is InChI=1S/C12H13N3O2/c1-7-4-5-10(12(16)17)11(14-7)15-6-13-8(2)9(15)3/h4-6H,1-3H3,(H,16,17). The Morgan fingerprint density at radius 1 is 1.29 bits per heavy atom. The quantitative estimate of drug-likeness (QED) is 0.857. The first-order valence-corrected chi connectivity index (χ1v) is 5.22. The number of aromatic nitrogens is 3. The number of pyridine rings is 1. The molecule has 0 aliphatic carbocycles. The van der Waals surface area contributed by atoms with Crippen molar-refractivity contribution in [1.82, 2.24) is 14.5 Å². The van der Waals surface area contributed by atoms with Gasteiger partial charge in [-0.1, -0.05) is 0 Å². The Morgan fingerprint density at radius 3 is 2.53 bits per heavy atom. The van der Waals surface area contributed by atoms with Crippen molar-refractivity contribution in [2.24, 2.45) is 0 Å². The van der Waals surface area contributed by atoms with Gasteiger partial charge in [-0.15, -0.1) is 0 Å². The number of aryl methyl sites for hydroxylation is 2. The third kappa shape index (κ3) is 1.91. The minimum absolute atomic E-state index is 0.177. The van der Waals surface area contributed by atoms with Gasteiger partial charge in [0.15, 0.2) is 5.82 Å². The fraction of sp³-hybridized carbons (Fsp3) is 0.250. The lowest BCUT2D eigenvalue weighted by atomic mass is 10.2. The molecule has 88 valence electrons. The molecule has 0 aliphatic rings. The van der Waals surface area contributed by atoms with Gasteiger partial charge in [0.05, 0.1) is 5.69 Å². The summed E-state index contributed by atoms with van der Waals surface area (Å²) in [4.78, 5) is 19.6. The summed E-state index contributed by atoms with van der Waals surface area (Å²) in [7, 11) is 0. The number of nitrogens with zero attached hydrogens (tertiary/aromatic N) is 3. The molecule has 0 saturated carbocycles. The zero-order chi connectivity index (χ0) is 12.6. The van der Waals surface area contributed by atoms with Crippen LogP contribution in [0.15, 0.2) is 18.5 Å². The van der Waals surface area contributed by atoms with Gasteiger partial charge in [-0.2, -0.15) is 0 Å². The van der Waals surface area contributed by atoms with Gasteiger partial charge in [0.2, 0.25) is 0 Å². The summed E-state index contributed by atoms with van der Waals surface area (Å²) in [6.45, 7) is 5.59. The van der Waals surface area contributed by atoms with Gasteiger partial charge in [-0.05, 0) is 32.9 Å². The minimum Gasteiger partial charge on any atom is -0.478 e. The second kappa shape index (κ2) is 4.01. The van der Waals surface area contributed by atoms with E-state index in [2.05, 4.69) is 9.97 Å². The SMILES string of the molecule is Cc1ccc(C(=O)O)c(-n2cnc(C)c2C)n1. The Bertz CT molecular complexity index is 587. The summed E-state index contributed by atoms with van der Waals surface area (Å²) in [6, 6.07) is 3.25.